The van der Waals surface area contributed by atoms with Gasteiger partial charge in [0.15, 0.2) is 9.84 Å². The molecule has 0 bridgehead atoms. The molecule has 1 aromatic carbocycles. The predicted octanol–water partition coefficient (Wildman–Crippen LogP) is 1.83. The van der Waals surface area contributed by atoms with E-state index in [2.05, 4.69) is 0 Å². The Bertz CT molecular complexity index is 545. The molecule has 0 aliphatic carbocycles. The monoisotopic (exact) mass is 315 g/mol. The van der Waals surface area contributed by atoms with Gasteiger partial charge in [0.05, 0.1) is 16.8 Å². The highest BCUT2D eigenvalue weighted by molar-refractivity contribution is 8.01. The van der Waals surface area contributed by atoms with E-state index in [9.17, 15) is 8.42 Å². The average Bonchev–Trinajstić information content (AvgIpc) is 2.84. The molecular weight excluding hydrogens is 294 g/mol. The zero-order valence-electron chi connectivity index (χ0n) is 11.6. The van der Waals surface area contributed by atoms with E-state index in [-0.39, 0.29) is 11.9 Å². The molecule has 1 aliphatic heterocycles. The molecule has 0 radical (unpaired) electrons. The van der Waals surface area contributed by atoms with Crippen molar-refractivity contribution < 1.29 is 13.2 Å². The fraction of sp³-hybridized carbons (Fsp3) is 0.571. The van der Waals surface area contributed by atoms with Crippen LogP contribution >= 0.6 is 11.8 Å². The van der Waals surface area contributed by atoms with Gasteiger partial charge in [-0.25, -0.2) is 8.42 Å². The Morgan fingerprint density at radius 3 is 2.90 bits per heavy atom. The van der Waals surface area contributed by atoms with Crippen LogP contribution in [0.2, 0.25) is 0 Å². The zero-order valence-corrected chi connectivity index (χ0v) is 13.3. The minimum Gasteiger partial charge on any atom is -0.377 e. The summed E-state index contributed by atoms with van der Waals surface area (Å²) < 4.78 is 30.0. The Hall–Kier alpha value is -0.560. The lowest BCUT2D eigenvalue weighted by Crippen LogP contribution is -2.17. The largest absolute Gasteiger partial charge is 0.377 e. The molecule has 0 aromatic heterocycles. The van der Waals surface area contributed by atoms with Crippen molar-refractivity contribution in [1.29, 1.82) is 0 Å². The first-order chi connectivity index (χ1) is 9.53. The summed E-state index contributed by atoms with van der Waals surface area (Å²) in [6.45, 7) is 3.18. The van der Waals surface area contributed by atoms with Gasteiger partial charge < -0.3 is 10.5 Å². The van der Waals surface area contributed by atoms with Crippen LogP contribution in [0.3, 0.4) is 0 Å². The highest BCUT2D eigenvalue weighted by atomic mass is 32.2. The third kappa shape index (κ3) is 3.97. The normalized spacial score (nSPS) is 23.1. The van der Waals surface area contributed by atoms with Crippen LogP contribution in [0, 0.1) is 0 Å². The van der Waals surface area contributed by atoms with E-state index in [0.717, 1.165) is 18.6 Å². The summed E-state index contributed by atoms with van der Waals surface area (Å²) >= 11 is 1.69. The second-order valence-electron chi connectivity index (χ2n) is 4.94. The quantitative estimate of drug-likeness (QED) is 0.867. The maximum atomic E-state index is 12.3. The summed E-state index contributed by atoms with van der Waals surface area (Å²) in [5.41, 5.74) is 6.39. The molecule has 2 rings (SSSR count). The van der Waals surface area contributed by atoms with E-state index in [1.165, 1.54) is 0 Å². The lowest BCUT2D eigenvalue weighted by atomic mass is 10.2. The van der Waals surface area contributed by atoms with Crippen molar-refractivity contribution in [3.05, 3.63) is 29.8 Å². The van der Waals surface area contributed by atoms with E-state index < -0.39 is 9.84 Å². The molecule has 0 saturated carbocycles. The molecule has 1 aliphatic rings. The number of thioether (sulfide) groups is 1. The van der Waals surface area contributed by atoms with Crippen LogP contribution in [0.4, 0.5) is 0 Å². The van der Waals surface area contributed by atoms with Crippen LogP contribution in [0.25, 0.3) is 0 Å². The van der Waals surface area contributed by atoms with E-state index in [4.69, 9.17) is 10.5 Å². The molecular formula is C14H21NO3S2. The lowest BCUT2D eigenvalue weighted by molar-refractivity contribution is 0.127. The fourth-order valence-corrected chi connectivity index (χ4v) is 5.25. The minimum absolute atomic E-state index is 0.162. The molecule has 0 amide bonds. The molecule has 4 nitrogen and oxygen atoms in total. The number of hydrogen-bond acceptors (Lipinski definition) is 5. The van der Waals surface area contributed by atoms with E-state index in [0.29, 0.717) is 22.4 Å². The Morgan fingerprint density at radius 1 is 1.45 bits per heavy atom. The maximum absolute atomic E-state index is 12.3. The molecule has 1 aromatic rings. The van der Waals surface area contributed by atoms with Crippen molar-refractivity contribution in [3.63, 3.8) is 0 Å². The van der Waals surface area contributed by atoms with Crippen LogP contribution < -0.4 is 5.73 Å². The summed E-state index contributed by atoms with van der Waals surface area (Å²) in [5, 5.41) is 0.417. The Morgan fingerprint density at radius 2 is 2.25 bits per heavy atom. The Kier molecular flexibility index (Phi) is 5.49. The summed E-state index contributed by atoms with van der Waals surface area (Å²) in [6.07, 6.45) is 1.23. The van der Waals surface area contributed by atoms with Crippen molar-refractivity contribution in [1.82, 2.24) is 0 Å². The van der Waals surface area contributed by atoms with Crippen molar-refractivity contribution in [2.75, 3.05) is 18.1 Å². The first-order valence-corrected chi connectivity index (χ1v) is 9.48. The van der Waals surface area contributed by atoms with Gasteiger partial charge >= 0.3 is 0 Å². The Labute approximate surface area is 125 Å². The first-order valence-electron chi connectivity index (χ1n) is 6.78. The van der Waals surface area contributed by atoms with Gasteiger partial charge in [-0.2, -0.15) is 11.8 Å². The number of rotatable bonds is 6. The molecule has 112 valence electrons. The smallest absolute Gasteiger partial charge is 0.179 e. The van der Waals surface area contributed by atoms with E-state index in [1.807, 2.05) is 13.0 Å². The third-order valence-electron chi connectivity index (χ3n) is 3.48. The third-order valence-corrected chi connectivity index (χ3v) is 6.94. The van der Waals surface area contributed by atoms with Gasteiger partial charge in [0.1, 0.15) is 0 Å². The molecule has 2 atom stereocenters. The topological polar surface area (TPSA) is 69.4 Å². The number of sulfone groups is 1. The van der Waals surface area contributed by atoms with Crippen molar-refractivity contribution in [2.24, 2.45) is 5.73 Å². The van der Waals surface area contributed by atoms with Crippen molar-refractivity contribution >= 4 is 21.6 Å². The van der Waals surface area contributed by atoms with Gasteiger partial charge in [-0.05, 0) is 31.0 Å². The number of nitrogens with two attached hydrogens (primary N) is 1. The highest BCUT2D eigenvalue weighted by Crippen LogP contribution is 2.26. The fourth-order valence-electron chi connectivity index (χ4n) is 2.22. The molecule has 0 spiro atoms. The lowest BCUT2D eigenvalue weighted by Gasteiger charge is -2.13. The summed E-state index contributed by atoms with van der Waals surface area (Å²) in [5.74, 6) is 0.766. The van der Waals surface area contributed by atoms with Crippen LogP contribution in [-0.2, 0) is 21.1 Å². The summed E-state index contributed by atoms with van der Waals surface area (Å²) in [7, 11) is -3.22. The van der Waals surface area contributed by atoms with Crippen molar-refractivity contribution in [3.8, 4) is 0 Å². The molecule has 2 unspecified atom stereocenters. The molecule has 2 N–H and O–H groups in total. The number of hydrogen-bond donors (Lipinski definition) is 1. The predicted molar refractivity (Wildman–Crippen MR) is 82.7 cm³/mol. The molecule has 20 heavy (non-hydrogen) atoms. The first kappa shape index (κ1) is 15.8. The SMILES string of the molecule is CC1OCCC1SCCS(=O)(=O)c1cccc(CN)c1. The van der Waals surface area contributed by atoms with Gasteiger partial charge in [0.2, 0.25) is 0 Å². The summed E-state index contributed by atoms with van der Waals surface area (Å²) in [6, 6.07) is 6.89. The summed E-state index contributed by atoms with van der Waals surface area (Å²) in [4.78, 5) is 0.372. The van der Waals surface area contributed by atoms with Gasteiger partial charge in [-0.15, -0.1) is 0 Å². The minimum atomic E-state index is -3.22. The second-order valence-corrected chi connectivity index (χ2v) is 8.40. The highest BCUT2D eigenvalue weighted by Gasteiger charge is 2.25. The molecule has 1 saturated heterocycles. The van der Waals surface area contributed by atoms with Gasteiger partial charge in [-0.1, -0.05) is 12.1 Å². The van der Waals surface area contributed by atoms with E-state index in [1.54, 1.807) is 30.0 Å². The molecule has 6 heteroatoms. The zero-order chi connectivity index (χ0) is 14.6. The van der Waals surface area contributed by atoms with Crippen LogP contribution in [0.5, 0.6) is 0 Å². The average molecular weight is 315 g/mol. The van der Waals surface area contributed by atoms with Gasteiger partial charge in [-0.3, -0.25) is 0 Å². The van der Waals surface area contributed by atoms with Crippen LogP contribution in [-0.4, -0.2) is 37.9 Å². The maximum Gasteiger partial charge on any atom is 0.179 e. The standard InChI is InChI=1S/C14H21NO3S2/c1-11-14(5-6-18-11)19-7-8-20(16,17)13-4-2-3-12(9-13)10-15/h2-4,9,11,14H,5-8,10,15H2,1H3. The van der Waals surface area contributed by atoms with Crippen molar-refractivity contribution in [2.45, 2.75) is 36.1 Å². The molecule has 1 fully saturated rings. The number of benzene rings is 1. The second kappa shape index (κ2) is 6.93. The van der Waals surface area contributed by atoms with Crippen LogP contribution in [0.15, 0.2) is 29.2 Å². The molecule has 1 heterocycles. The van der Waals surface area contributed by atoms with Gasteiger partial charge in [0.25, 0.3) is 0 Å². The Balaban J connectivity index is 1.93. The van der Waals surface area contributed by atoms with E-state index >= 15 is 0 Å². The van der Waals surface area contributed by atoms with Crippen LogP contribution in [0.1, 0.15) is 18.9 Å². The number of ether oxygens (including phenoxy) is 1. The van der Waals surface area contributed by atoms with Gasteiger partial charge in [0, 0.05) is 24.2 Å².